The lowest BCUT2D eigenvalue weighted by Gasteiger charge is -2.31. The monoisotopic (exact) mass is 588 g/mol. The fourth-order valence-electron chi connectivity index (χ4n) is 4.19. The number of halogens is 1. The second-order valence-electron chi connectivity index (χ2n) is 11.2. The minimum Gasteiger partial charge on any atom is -0.598 e. The van der Waals surface area contributed by atoms with Crippen LogP contribution in [0.3, 0.4) is 0 Å². The third kappa shape index (κ3) is 7.48. The van der Waals surface area contributed by atoms with Gasteiger partial charge in [0.1, 0.15) is 10.6 Å². The van der Waals surface area contributed by atoms with Crippen molar-refractivity contribution in [3.8, 4) is 11.1 Å². The molecule has 216 valence electrons. The minimum absolute atomic E-state index is 0.0400. The van der Waals surface area contributed by atoms with E-state index in [4.69, 9.17) is 0 Å². The number of ketones is 1. The molecule has 3 aromatic rings. The summed E-state index contributed by atoms with van der Waals surface area (Å²) in [7, 11) is -1.79. The predicted molar refractivity (Wildman–Crippen MR) is 159 cm³/mol. The largest absolute Gasteiger partial charge is 0.598 e. The van der Waals surface area contributed by atoms with E-state index in [1.54, 1.807) is 38.4 Å². The highest BCUT2D eigenvalue weighted by atomic mass is 32.2. The van der Waals surface area contributed by atoms with E-state index < -0.39 is 37.8 Å². The standard InChI is InChI=1S/C30H37FN2O5S2/c1-8-40(37,38)18-20-9-14-23(29(35)21-10-12-22(31)13-11-21)24(15-20)26-17-33(7)27(34)16-25(26)28(19(2)3)32-39(36)30(4,5)6/h9-17,19,28,32H,8,18H2,1-7H3/t28-,39-/m0/s1. The molecule has 2 aromatic carbocycles. The van der Waals surface area contributed by atoms with Gasteiger partial charge in [0.2, 0.25) is 0 Å². The molecular formula is C30H37FN2O5S2. The Morgan fingerprint density at radius 2 is 1.70 bits per heavy atom. The van der Waals surface area contributed by atoms with E-state index in [1.165, 1.54) is 34.9 Å². The van der Waals surface area contributed by atoms with E-state index in [-0.39, 0.29) is 39.9 Å². The van der Waals surface area contributed by atoms with E-state index in [2.05, 4.69) is 4.72 Å². The van der Waals surface area contributed by atoms with Crippen LogP contribution in [-0.4, -0.2) is 33.8 Å². The van der Waals surface area contributed by atoms with Crippen LogP contribution in [0, 0.1) is 11.7 Å². The number of pyridine rings is 1. The van der Waals surface area contributed by atoms with Gasteiger partial charge in [-0.05, 0) is 73.7 Å². The molecule has 0 bridgehead atoms. The van der Waals surface area contributed by atoms with Gasteiger partial charge in [-0.3, -0.25) is 9.59 Å². The number of carbonyl (C=O) groups is 1. The Labute approximate surface area is 239 Å². The highest BCUT2D eigenvalue weighted by Gasteiger charge is 2.33. The Hall–Kier alpha value is -2.79. The molecule has 0 radical (unpaired) electrons. The summed E-state index contributed by atoms with van der Waals surface area (Å²) in [5.74, 6) is -1.22. The fraction of sp³-hybridized carbons (Fsp3) is 0.400. The van der Waals surface area contributed by atoms with Crippen molar-refractivity contribution in [1.29, 1.82) is 0 Å². The molecule has 0 spiro atoms. The second kappa shape index (κ2) is 12.4. The first-order valence-electron chi connectivity index (χ1n) is 13.1. The number of carbonyl (C=O) groups excluding carboxylic acids is 1. The van der Waals surface area contributed by atoms with E-state index >= 15 is 0 Å². The zero-order valence-corrected chi connectivity index (χ0v) is 25.6. The average molecular weight is 589 g/mol. The average Bonchev–Trinajstić information content (AvgIpc) is 2.87. The van der Waals surface area contributed by atoms with Crippen LogP contribution in [0.5, 0.6) is 0 Å². The molecule has 40 heavy (non-hydrogen) atoms. The molecule has 0 unspecified atom stereocenters. The lowest BCUT2D eigenvalue weighted by atomic mass is 9.87. The fourth-order valence-corrected chi connectivity index (χ4v) is 6.07. The topological polar surface area (TPSA) is 108 Å². The van der Waals surface area contributed by atoms with E-state index in [9.17, 15) is 27.0 Å². The van der Waals surface area contributed by atoms with Crippen molar-refractivity contribution in [2.45, 2.75) is 58.1 Å². The molecule has 7 nitrogen and oxygen atoms in total. The lowest BCUT2D eigenvalue weighted by molar-refractivity contribution is 0.103. The molecule has 1 aromatic heterocycles. The number of nitrogens with zero attached hydrogens (tertiary/aromatic N) is 1. The lowest BCUT2D eigenvalue weighted by Crippen LogP contribution is -2.43. The molecule has 2 atom stereocenters. The maximum atomic E-state index is 13.7. The van der Waals surface area contributed by atoms with Crippen molar-refractivity contribution in [2.24, 2.45) is 13.0 Å². The minimum atomic E-state index is -3.38. The quantitative estimate of drug-likeness (QED) is 0.261. The van der Waals surface area contributed by atoms with Gasteiger partial charge in [0.15, 0.2) is 15.6 Å². The highest BCUT2D eigenvalue weighted by Crippen LogP contribution is 2.36. The number of benzene rings is 2. The third-order valence-electron chi connectivity index (χ3n) is 6.60. The second-order valence-corrected chi connectivity index (χ2v) is 15.6. The zero-order chi connectivity index (χ0) is 30.0. The van der Waals surface area contributed by atoms with Crippen LogP contribution in [0.25, 0.3) is 11.1 Å². The van der Waals surface area contributed by atoms with Crippen molar-refractivity contribution in [3.63, 3.8) is 0 Å². The van der Waals surface area contributed by atoms with E-state index in [1.807, 2.05) is 34.6 Å². The Bertz CT molecular complexity index is 1540. The molecule has 0 aliphatic rings. The van der Waals surface area contributed by atoms with Crippen molar-refractivity contribution in [3.05, 3.63) is 93.2 Å². The molecule has 0 aliphatic heterocycles. The van der Waals surface area contributed by atoms with Gasteiger partial charge in [0.05, 0.1) is 11.8 Å². The van der Waals surface area contributed by atoms with Gasteiger partial charge in [0.25, 0.3) is 5.56 Å². The number of hydrogen-bond acceptors (Lipinski definition) is 6. The van der Waals surface area contributed by atoms with Crippen LogP contribution in [-0.2, 0) is 34.0 Å². The number of hydrogen-bond donors (Lipinski definition) is 1. The summed E-state index contributed by atoms with van der Waals surface area (Å²) in [6, 6.07) is 11.0. The van der Waals surface area contributed by atoms with Gasteiger partial charge in [-0.15, -0.1) is 4.72 Å². The molecule has 1 heterocycles. The summed E-state index contributed by atoms with van der Waals surface area (Å²) in [6.07, 6.45) is 1.61. The van der Waals surface area contributed by atoms with Crippen LogP contribution >= 0.6 is 0 Å². The number of aromatic nitrogens is 1. The zero-order valence-electron chi connectivity index (χ0n) is 23.9. The molecule has 0 fully saturated rings. The SMILES string of the molecule is CCS(=O)(=O)Cc1ccc(C(=O)c2ccc(F)cc2)c(-c2cn(C)c(=O)cc2[C@@H](N[S@@+]([O-])C(C)(C)C)C(C)C)c1. The molecule has 0 amide bonds. The van der Waals surface area contributed by atoms with Crippen molar-refractivity contribution >= 4 is 27.0 Å². The number of rotatable bonds is 10. The maximum absolute atomic E-state index is 13.7. The van der Waals surface area contributed by atoms with Crippen LogP contribution in [0.2, 0.25) is 0 Å². The van der Waals surface area contributed by atoms with Gasteiger partial charge in [-0.1, -0.05) is 32.9 Å². The van der Waals surface area contributed by atoms with Crippen LogP contribution in [0.1, 0.15) is 74.6 Å². The van der Waals surface area contributed by atoms with Crippen LogP contribution in [0.4, 0.5) is 4.39 Å². The van der Waals surface area contributed by atoms with Gasteiger partial charge < -0.3 is 9.12 Å². The number of aryl methyl sites for hydroxylation is 1. The van der Waals surface area contributed by atoms with Crippen LogP contribution in [0.15, 0.2) is 59.5 Å². The van der Waals surface area contributed by atoms with Gasteiger partial charge in [0, 0.05) is 53.1 Å². The normalized spacial score (nSPS) is 13.8. The molecule has 0 aliphatic carbocycles. The molecule has 10 heteroatoms. The summed E-state index contributed by atoms with van der Waals surface area (Å²) < 4.78 is 55.7. The molecule has 3 rings (SSSR count). The van der Waals surface area contributed by atoms with Gasteiger partial charge in [-0.2, -0.15) is 0 Å². The predicted octanol–water partition coefficient (Wildman–Crippen LogP) is 5.11. The first-order valence-corrected chi connectivity index (χ1v) is 16.0. The van der Waals surface area contributed by atoms with Gasteiger partial charge >= 0.3 is 0 Å². The maximum Gasteiger partial charge on any atom is 0.250 e. The Kier molecular flexibility index (Phi) is 9.82. The third-order valence-corrected chi connectivity index (χ3v) is 9.84. The summed E-state index contributed by atoms with van der Waals surface area (Å²) >= 11 is -1.47. The van der Waals surface area contributed by atoms with Crippen molar-refractivity contribution in [1.82, 2.24) is 9.29 Å². The van der Waals surface area contributed by atoms with Gasteiger partial charge in [-0.25, -0.2) is 12.8 Å². The summed E-state index contributed by atoms with van der Waals surface area (Å²) in [5.41, 5.74) is 2.22. The van der Waals surface area contributed by atoms with Crippen LogP contribution < -0.4 is 10.3 Å². The number of sulfone groups is 1. The molecule has 0 saturated carbocycles. The number of nitrogens with one attached hydrogen (secondary N) is 1. The van der Waals surface area contributed by atoms with E-state index in [0.717, 1.165) is 0 Å². The summed E-state index contributed by atoms with van der Waals surface area (Å²) in [5, 5.41) is 0. The molecule has 0 saturated heterocycles. The highest BCUT2D eigenvalue weighted by molar-refractivity contribution is 7.91. The molecular weight excluding hydrogens is 551 g/mol. The van der Waals surface area contributed by atoms with Crippen molar-refractivity contribution in [2.75, 3.05) is 5.75 Å². The summed E-state index contributed by atoms with van der Waals surface area (Å²) in [4.78, 5) is 26.6. The van der Waals surface area contributed by atoms with E-state index in [0.29, 0.717) is 22.3 Å². The molecule has 1 N–H and O–H groups in total. The Morgan fingerprint density at radius 3 is 2.25 bits per heavy atom. The first-order chi connectivity index (χ1) is 18.5. The Morgan fingerprint density at radius 1 is 1.07 bits per heavy atom. The summed E-state index contributed by atoms with van der Waals surface area (Å²) in [6.45, 7) is 11.0. The van der Waals surface area contributed by atoms with Crippen molar-refractivity contribution < 1.29 is 22.2 Å². The Balaban J connectivity index is 2.33. The first kappa shape index (κ1) is 31.7. The smallest absolute Gasteiger partial charge is 0.250 e.